The van der Waals surface area contributed by atoms with Crippen LogP contribution in [0.25, 0.3) is 11.4 Å². The number of aromatic nitrogens is 2. The molecule has 0 unspecified atom stereocenters. The average Bonchev–Trinajstić information content (AvgIpc) is 3.25. The summed E-state index contributed by atoms with van der Waals surface area (Å²) in [6.45, 7) is 4.95. The normalized spacial score (nSPS) is 19.6. The smallest absolute Gasteiger partial charge is 0.317 e. The van der Waals surface area contributed by atoms with Crippen molar-refractivity contribution >= 4 is 6.03 Å². The molecule has 1 aromatic heterocycles. The molecule has 0 saturated carbocycles. The van der Waals surface area contributed by atoms with Gasteiger partial charge in [-0.15, -0.1) is 0 Å². The number of likely N-dealkylation sites (tertiary alicyclic amines) is 1. The molecule has 25 heavy (non-hydrogen) atoms. The van der Waals surface area contributed by atoms with Gasteiger partial charge in [0.1, 0.15) is 0 Å². The van der Waals surface area contributed by atoms with Gasteiger partial charge in [0.25, 0.3) is 0 Å². The van der Waals surface area contributed by atoms with E-state index in [4.69, 9.17) is 4.52 Å². The Kier molecular flexibility index (Phi) is 5.33. The molecule has 2 aromatic rings. The third-order valence-corrected chi connectivity index (χ3v) is 4.54. The second-order valence-electron chi connectivity index (χ2n) is 6.67. The third kappa shape index (κ3) is 4.36. The van der Waals surface area contributed by atoms with Crippen molar-refractivity contribution in [3.63, 3.8) is 0 Å². The first-order valence-corrected chi connectivity index (χ1v) is 8.64. The number of carbonyl (C=O) groups excluding carboxylic acids is 1. The van der Waals surface area contributed by atoms with E-state index in [0.29, 0.717) is 31.2 Å². The number of amides is 2. The molecule has 2 N–H and O–H groups in total. The summed E-state index contributed by atoms with van der Waals surface area (Å²) in [7, 11) is 0. The summed E-state index contributed by atoms with van der Waals surface area (Å²) in [5.41, 5.74) is 0.899. The zero-order valence-electron chi connectivity index (χ0n) is 14.6. The highest BCUT2D eigenvalue weighted by molar-refractivity contribution is 5.74. The Morgan fingerprint density at radius 2 is 2.16 bits per heavy atom. The molecule has 1 aliphatic rings. The van der Waals surface area contributed by atoms with Gasteiger partial charge in [-0.3, -0.25) is 0 Å². The van der Waals surface area contributed by atoms with Crippen LogP contribution in [0.3, 0.4) is 0 Å². The monoisotopic (exact) mass is 344 g/mol. The Labute approximate surface area is 147 Å². The molecule has 0 aliphatic carbocycles. The van der Waals surface area contributed by atoms with Crippen LogP contribution in [0, 0.1) is 5.92 Å². The second-order valence-corrected chi connectivity index (χ2v) is 6.67. The molecule has 3 atom stereocenters. The van der Waals surface area contributed by atoms with E-state index in [-0.39, 0.29) is 24.1 Å². The van der Waals surface area contributed by atoms with Crippen molar-refractivity contribution in [1.29, 1.82) is 0 Å². The van der Waals surface area contributed by atoms with Crippen LogP contribution in [0.4, 0.5) is 4.79 Å². The van der Waals surface area contributed by atoms with E-state index in [1.807, 2.05) is 37.3 Å². The van der Waals surface area contributed by atoms with Crippen molar-refractivity contribution in [1.82, 2.24) is 20.4 Å². The van der Waals surface area contributed by atoms with Gasteiger partial charge in [-0.05, 0) is 20.3 Å². The van der Waals surface area contributed by atoms with Gasteiger partial charge in [-0.25, -0.2) is 4.79 Å². The fraction of sp³-hybridized carbons (Fsp3) is 0.500. The zero-order chi connectivity index (χ0) is 17.8. The zero-order valence-corrected chi connectivity index (χ0v) is 14.6. The topological polar surface area (TPSA) is 91.5 Å². The molecule has 0 bridgehead atoms. The molecule has 1 aliphatic heterocycles. The number of benzene rings is 1. The molecule has 7 heteroatoms. The van der Waals surface area contributed by atoms with Crippen LogP contribution in [0.2, 0.25) is 0 Å². The summed E-state index contributed by atoms with van der Waals surface area (Å²) in [5.74, 6) is 1.20. The molecule has 0 spiro atoms. The lowest BCUT2D eigenvalue weighted by molar-refractivity contribution is 0.129. The quantitative estimate of drug-likeness (QED) is 0.866. The number of hydrogen-bond acceptors (Lipinski definition) is 5. The van der Waals surface area contributed by atoms with E-state index in [1.54, 1.807) is 11.8 Å². The summed E-state index contributed by atoms with van der Waals surface area (Å²) in [5, 5.41) is 16.6. The lowest BCUT2D eigenvalue weighted by Crippen LogP contribution is -2.43. The summed E-state index contributed by atoms with van der Waals surface area (Å²) in [6, 6.07) is 9.39. The van der Waals surface area contributed by atoms with Crippen molar-refractivity contribution in [2.45, 2.75) is 38.8 Å². The third-order valence-electron chi connectivity index (χ3n) is 4.54. The maximum absolute atomic E-state index is 12.3. The maximum atomic E-state index is 12.3. The van der Waals surface area contributed by atoms with E-state index in [0.717, 1.165) is 12.0 Å². The maximum Gasteiger partial charge on any atom is 0.317 e. The fourth-order valence-electron chi connectivity index (χ4n) is 3.02. The second kappa shape index (κ2) is 7.65. The van der Waals surface area contributed by atoms with Gasteiger partial charge in [0, 0.05) is 37.0 Å². The van der Waals surface area contributed by atoms with Crippen LogP contribution >= 0.6 is 0 Å². The number of rotatable bonds is 5. The predicted molar refractivity (Wildman–Crippen MR) is 92.8 cm³/mol. The average molecular weight is 344 g/mol. The highest BCUT2D eigenvalue weighted by Gasteiger charge is 2.29. The van der Waals surface area contributed by atoms with Crippen LogP contribution in [-0.2, 0) is 6.42 Å². The van der Waals surface area contributed by atoms with E-state index in [1.165, 1.54) is 0 Å². The van der Waals surface area contributed by atoms with Crippen molar-refractivity contribution in [2.75, 3.05) is 13.1 Å². The largest absolute Gasteiger partial charge is 0.393 e. The van der Waals surface area contributed by atoms with Crippen molar-refractivity contribution in [2.24, 2.45) is 5.92 Å². The molecule has 2 amide bonds. The van der Waals surface area contributed by atoms with Crippen LogP contribution in [0.1, 0.15) is 26.2 Å². The Morgan fingerprint density at radius 3 is 2.84 bits per heavy atom. The number of aliphatic hydroxyl groups excluding tert-OH is 1. The Balaban J connectivity index is 1.52. The summed E-state index contributed by atoms with van der Waals surface area (Å²) in [6.07, 6.45) is 0.924. The van der Waals surface area contributed by atoms with E-state index in [2.05, 4.69) is 15.5 Å². The minimum Gasteiger partial charge on any atom is -0.393 e. The predicted octanol–water partition coefficient (Wildman–Crippen LogP) is 2.08. The van der Waals surface area contributed by atoms with Gasteiger partial charge < -0.3 is 19.8 Å². The summed E-state index contributed by atoms with van der Waals surface area (Å²) in [4.78, 5) is 18.4. The fourth-order valence-corrected chi connectivity index (χ4v) is 3.02. The van der Waals surface area contributed by atoms with E-state index in [9.17, 15) is 9.90 Å². The van der Waals surface area contributed by atoms with Gasteiger partial charge >= 0.3 is 6.03 Å². The van der Waals surface area contributed by atoms with Crippen LogP contribution in [-0.4, -0.2) is 51.4 Å². The minimum atomic E-state index is -0.384. The Hall–Kier alpha value is -2.41. The number of urea groups is 1. The molecule has 134 valence electrons. The Morgan fingerprint density at radius 1 is 1.40 bits per heavy atom. The van der Waals surface area contributed by atoms with Gasteiger partial charge in [-0.1, -0.05) is 35.5 Å². The SMILES string of the molecule is C[C@H](Cc1nc(-c2ccccc2)no1)NC(=O)N1CC[C@H]([C@@H](C)O)C1. The number of hydrogen-bond donors (Lipinski definition) is 2. The molecular formula is C18H24N4O3. The molecular weight excluding hydrogens is 320 g/mol. The van der Waals surface area contributed by atoms with Crippen molar-refractivity contribution in [3.05, 3.63) is 36.2 Å². The number of nitrogens with zero attached hydrogens (tertiary/aromatic N) is 3. The number of aliphatic hydroxyl groups is 1. The number of nitrogens with one attached hydrogen (secondary N) is 1. The van der Waals surface area contributed by atoms with Gasteiger partial charge in [0.05, 0.1) is 6.10 Å². The summed E-state index contributed by atoms with van der Waals surface area (Å²) < 4.78 is 5.29. The lowest BCUT2D eigenvalue weighted by Gasteiger charge is -2.21. The number of carbonyl (C=O) groups is 1. The van der Waals surface area contributed by atoms with Gasteiger partial charge in [-0.2, -0.15) is 4.98 Å². The van der Waals surface area contributed by atoms with Crippen LogP contribution in [0.5, 0.6) is 0 Å². The highest BCUT2D eigenvalue weighted by atomic mass is 16.5. The first-order chi connectivity index (χ1) is 12.0. The first kappa shape index (κ1) is 17.4. The molecule has 2 heterocycles. The van der Waals surface area contributed by atoms with Crippen molar-refractivity contribution in [3.8, 4) is 11.4 Å². The van der Waals surface area contributed by atoms with Gasteiger partial charge in [0.2, 0.25) is 11.7 Å². The Bertz CT molecular complexity index is 701. The standard InChI is InChI=1S/C18H24N4O3/c1-12(19-18(24)22-9-8-15(11-22)13(2)23)10-16-20-17(21-25-16)14-6-4-3-5-7-14/h3-7,12-13,15,23H,8-11H2,1-2H3,(H,19,24)/t12-,13-,15+/m1/s1. The van der Waals surface area contributed by atoms with Crippen LogP contribution < -0.4 is 5.32 Å². The van der Waals surface area contributed by atoms with E-state index >= 15 is 0 Å². The molecule has 1 saturated heterocycles. The molecule has 1 fully saturated rings. The van der Waals surface area contributed by atoms with Crippen molar-refractivity contribution < 1.29 is 14.4 Å². The lowest BCUT2D eigenvalue weighted by atomic mass is 10.0. The molecule has 0 radical (unpaired) electrons. The van der Waals surface area contributed by atoms with Gasteiger partial charge in [0.15, 0.2) is 0 Å². The summed E-state index contributed by atoms with van der Waals surface area (Å²) >= 11 is 0. The highest BCUT2D eigenvalue weighted by Crippen LogP contribution is 2.20. The molecule has 7 nitrogen and oxygen atoms in total. The molecule has 1 aromatic carbocycles. The van der Waals surface area contributed by atoms with Crippen LogP contribution in [0.15, 0.2) is 34.9 Å². The minimum absolute atomic E-state index is 0.113. The first-order valence-electron chi connectivity index (χ1n) is 8.64. The van der Waals surface area contributed by atoms with E-state index < -0.39 is 0 Å². The molecule has 3 rings (SSSR count).